The Morgan fingerprint density at radius 2 is 2.16 bits per heavy atom. The highest BCUT2D eigenvalue weighted by Gasteiger charge is 2.13. The van der Waals surface area contributed by atoms with E-state index in [1.54, 1.807) is 26.4 Å². The van der Waals surface area contributed by atoms with Gasteiger partial charge in [-0.3, -0.25) is 4.79 Å². The van der Waals surface area contributed by atoms with Crippen LogP contribution in [0.3, 0.4) is 0 Å². The SMILES string of the molecule is CN(C)C(=O)c1ccn(-c2ccc(F)cc2CO)n1. The van der Waals surface area contributed by atoms with Crippen LogP contribution >= 0.6 is 0 Å². The number of aliphatic hydroxyl groups excluding tert-OH is 1. The molecule has 0 radical (unpaired) electrons. The lowest BCUT2D eigenvalue weighted by Crippen LogP contribution is -2.22. The van der Waals surface area contributed by atoms with E-state index in [9.17, 15) is 14.3 Å². The molecule has 1 aromatic heterocycles. The van der Waals surface area contributed by atoms with Crippen LogP contribution in [0.4, 0.5) is 4.39 Å². The van der Waals surface area contributed by atoms with Gasteiger partial charge < -0.3 is 10.0 Å². The number of carbonyl (C=O) groups excluding carboxylic acids is 1. The van der Waals surface area contributed by atoms with Gasteiger partial charge in [0.25, 0.3) is 5.91 Å². The number of hydrogen-bond donors (Lipinski definition) is 1. The molecule has 19 heavy (non-hydrogen) atoms. The summed E-state index contributed by atoms with van der Waals surface area (Å²) >= 11 is 0. The molecular weight excluding hydrogens is 249 g/mol. The molecule has 5 nitrogen and oxygen atoms in total. The highest BCUT2D eigenvalue weighted by Crippen LogP contribution is 2.16. The van der Waals surface area contributed by atoms with Crippen LogP contribution in [0.1, 0.15) is 16.1 Å². The maximum Gasteiger partial charge on any atom is 0.273 e. The van der Waals surface area contributed by atoms with Crippen molar-refractivity contribution in [3.05, 3.63) is 47.5 Å². The fourth-order valence-electron chi connectivity index (χ4n) is 1.71. The molecule has 0 aliphatic heterocycles. The molecule has 1 N–H and O–H groups in total. The number of hydrogen-bond acceptors (Lipinski definition) is 3. The molecule has 0 spiro atoms. The third kappa shape index (κ3) is 2.63. The highest BCUT2D eigenvalue weighted by molar-refractivity contribution is 5.91. The van der Waals surface area contributed by atoms with Gasteiger partial charge in [-0.15, -0.1) is 0 Å². The molecule has 2 rings (SSSR count). The molecule has 0 aliphatic carbocycles. The number of nitrogens with zero attached hydrogens (tertiary/aromatic N) is 3. The molecule has 2 aromatic rings. The number of rotatable bonds is 3. The summed E-state index contributed by atoms with van der Waals surface area (Å²) in [6, 6.07) is 5.61. The van der Waals surface area contributed by atoms with Gasteiger partial charge in [0.1, 0.15) is 5.82 Å². The zero-order valence-corrected chi connectivity index (χ0v) is 10.7. The van der Waals surface area contributed by atoms with Crippen LogP contribution in [0.15, 0.2) is 30.5 Å². The lowest BCUT2D eigenvalue weighted by Gasteiger charge is -2.08. The second kappa shape index (κ2) is 5.19. The first-order valence-corrected chi connectivity index (χ1v) is 5.70. The van der Waals surface area contributed by atoms with Gasteiger partial charge in [0.05, 0.1) is 12.3 Å². The Hall–Kier alpha value is -2.21. The summed E-state index contributed by atoms with van der Waals surface area (Å²) < 4.78 is 14.5. The summed E-state index contributed by atoms with van der Waals surface area (Å²) in [6.07, 6.45) is 1.60. The molecule has 1 heterocycles. The number of carbonyl (C=O) groups is 1. The molecular formula is C13H14FN3O2. The predicted octanol–water partition coefficient (Wildman–Crippen LogP) is 1.21. The van der Waals surface area contributed by atoms with E-state index in [4.69, 9.17) is 0 Å². The van der Waals surface area contributed by atoms with E-state index < -0.39 is 5.82 Å². The molecule has 100 valence electrons. The number of aromatic nitrogens is 2. The Morgan fingerprint density at radius 1 is 1.42 bits per heavy atom. The van der Waals surface area contributed by atoms with E-state index in [0.717, 1.165) is 0 Å². The third-order valence-electron chi connectivity index (χ3n) is 2.67. The Morgan fingerprint density at radius 3 is 2.79 bits per heavy atom. The summed E-state index contributed by atoms with van der Waals surface area (Å²) in [7, 11) is 3.27. The van der Waals surface area contributed by atoms with Crippen LogP contribution < -0.4 is 0 Å². The Kier molecular flexibility index (Phi) is 3.62. The summed E-state index contributed by atoms with van der Waals surface area (Å²) in [5, 5.41) is 13.4. The molecule has 0 saturated carbocycles. The second-order valence-electron chi connectivity index (χ2n) is 4.28. The van der Waals surface area contributed by atoms with E-state index in [1.807, 2.05) is 0 Å². The van der Waals surface area contributed by atoms with E-state index in [-0.39, 0.29) is 12.5 Å². The standard InChI is InChI=1S/C13H14FN3O2/c1-16(2)13(19)11-5-6-17(15-11)12-4-3-10(14)7-9(12)8-18/h3-7,18H,8H2,1-2H3. The van der Waals surface area contributed by atoms with E-state index in [1.165, 1.54) is 27.8 Å². The lowest BCUT2D eigenvalue weighted by atomic mass is 10.2. The Balaban J connectivity index is 2.41. The normalized spacial score (nSPS) is 10.5. The van der Waals surface area contributed by atoms with Gasteiger partial charge in [-0.05, 0) is 24.3 Å². The van der Waals surface area contributed by atoms with Crippen LogP contribution in [-0.2, 0) is 6.61 Å². The van der Waals surface area contributed by atoms with E-state index in [0.29, 0.717) is 16.9 Å². The predicted molar refractivity (Wildman–Crippen MR) is 67.5 cm³/mol. The monoisotopic (exact) mass is 263 g/mol. The van der Waals surface area contributed by atoms with Crippen LogP contribution in [0, 0.1) is 5.82 Å². The van der Waals surface area contributed by atoms with Crippen LogP contribution in [0.25, 0.3) is 5.69 Å². The summed E-state index contributed by atoms with van der Waals surface area (Å²) in [5.74, 6) is -0.643. The van der Waals surface area contributed by atoms with Crippen molar-refractivity contribution in [1.29, 1.82) is 0 Å². The van der Waals surface area contributed by atoms with Gasteiger partial charge in [-0.25, -0.2) is 9.07 Å². The molecule has 0 aliphatic rings. The number of amides is 1. The van der Waals surface area contributed by atoms with Gasteiger partial charge in [0.2, 0.25) is 0 Å². The molecule has 0 bridgehead atoms. The molecule has 0 unspecified atom stereocenters. The minimum Gasteiger partial charge on any atom is -0.392 e. The quantitative estimate of drug-likeness (QED) is 0.905. The highest BCUT2D eigenvalue weighted by atomic mass is 19.1. The maximum atomic E-state index is 13.1. The number of aliphatic hydroxyl groups is 1. The first-order valence-electron chi connectivity index (χ1n) is 5.70. The summed E-state index contributed by atoms with van der Waals surface area (Å²) in [4.78, 5) is 13.2. The Labute approximate surface area is 109 Å². The summed E-state index contributed by atoms with van der Waals surface area (Å²) in [5.41, 5.74) is 1.24. The minimum atomic E-state index is -0.426. The minimum absolute atomic E-state index is 0.216. The van der Waals surface area contributed by atoms with Crippen molar-refractivity contribution in [3.63, 3.8) is 0 Å². The van der Waals surface area contributed by atoms with Crippen LogP contribution in [-0.4, -0.2) is 39.8 Å². The molecule has 0 atom stereocenters. The van der Waals surface area contributed by atoms with Crippen molar-refractivity contribution in [2.45, 2.75) is 6.61 Å². The summed E-state index contributed by atoms with van der Waals surface area (Å²) in [6.45, 7) is -0.302. The van der Waals surface area contributed by atoms with Crippen LogP contribution in [0.5, 0.6) is 0 Å². The van der Waals surface area contributed by atoms with E-state index >= 15 is 0 Å². The van der Waals surface area contributed by atoms with Crippen LogP contribution in [0.2, 0.25) is 0 Å². The molecule has 0 fully saturated rings. The second-order valence-corrected chi connectivity index (χ2v) is 4.28. The largest absolute Gasteiger partial charge is 0.392 e. The van der Waals surface area contributed by atoms with Crippen molar-refractivity contribution in [1.82, 2.24) is 14.7 Å². The third-order valence-corrected chi connectivity index (χ3v) is 2.67. The average Bonchev–Trinajstić information content (AvgIpc) is 2.86. The average molecular weight is 263 g/mol. The van der Waals surface area contributed by atoms with Crippen molar-refractivity contribution in [3.8, 4) is 5.69 Å². The Bertz CT molecular complexity index is 608. The molecule has 1 amide bonds. The van der Waals surface area contributed by atoms with Crippen molar-refractivity contribution in [2.24, 2.45) is 0 Å². The lowest BCUT2D eigenvalue weighted by molar-refractivity contribution is 0.0821. The topological polar surface area (TPSA) is 58.4 Å². The first-order chi connectivity index (χ1) is 9.02. The molecule has 6 heteroatoms. The van der Waals surface area contributed by atoms with Gasteiger partial charge in [0, 0.05) is 25.9 Å². The number of halogens is 1. The van der Waals surface area contributed by atoms with Gasteiger partial charge in [0.15, 0.2) is 5.69 Å². The zero-order valence-electron chi connectivity index (χ0n) is 10.7. The van der Waals surface area contributed by atoms with E-state index in [2.05, 4.69) is 5.10 Å². The van der Waals surface area contributed by atoms with Gasteiger partial charge in [-0.1, -0.05) is 0 Å². The fraction of sp³-hybridized carbons (Fsp3) is 0.231. The molecule has 1 aromatic carbocycles. The van der Waals surface area contributed by atoms with Crippen molar-refractivity contribution < 1.29 is 14.3 Å². The van der Waals surface area contributed by atoms with Crippen molar-refractivity contribution in [2.75, 3.05) is 14.1 Å². The van der Waals surface area contributed by atoms with Crippen molar-refractivity contribution >= 4 is 5.91 Å². The van der Waals surface area contributed by atoms with Gasteiger partial charge in [-0.2, -0.15) is 5.10 Å². The number of benzene rings is 1. The fourth-order valence-corrected chi connectivity index (χ4v) is 1.71. The van der Waals surface area contributed by atoms with Gasteiger partial charge >= 0.3 is 0 Å². The smallest absolute Gasteiger partial charge is 0.273 e. The maximum absolute atomic E-state index is 13.1. The zero-order chi connectivity index (χ0) is 14.0. The first kappa shape index (κ1) is 13.2. The molecule has 0 saturated heterocycles.